The van der Waals surface area contributed by atoms with Crippen molar-refractivity contribution in [2.45, 2.75) is 71.1 Å². The minimum atomic E-state index is -0.450. The lowest BCUT2D eigenvalue weighted by molar-refractivity contribution is 0.0442. The van der Waals surface area contributed by atoms with E-state index in [1.165, 1.54) is 29.4 Å². The van der Waals surface area contributed by atoms with Gasteiger partial charge in [0.1, 0.15) is 5.60 Å². The second-order valence-corrected chi connectivity index (χ2v) is 8.73. The van der Waals surface area contributed by atoms with Crippen LogP contribution in [-0.4, -0.2) is 22.3 Å². The third kappa shape index (κ3) is 3.03. The average molecular weight is 340 g/mol. The van der Waals surface area contributed by atoms with Crippen molar-refractivity contribution >= 4 is 17.0 Å². The Morgan fingerprint density at radius 3 is 2.88 bits per heavy atom. The van der Waals surface area contributed by atoms with Gasteiger partial charge < -0.3 is 14.6 Å². The van der Waals surface area contributed by atoms with E-state index in [2.05, 4.69) is 40.2 Å². The number of hydrogen-bond acceptors (Lipinski definition) is 2. The summed E-state index contributed by atoms with van der Waals surface area (Å²) in [6, 6.07) is 11.2. The first kappa shape index (κ1) is 16.5. The second kappa shape index (κ2) is 5.79. The summed E-state index contributed by atoms with van der Waals surface area (Å²) in [5, 5.41) is 4.51. The lowest BCUT2D eigenvalue weighted by Gasteiger charge is -2.40. The molecule has 2 unspecified atom stereocenters. The van der Waals surface area contributed by atoms with E-state index in [0.29, 0.717) is 0 Å². The maximum atomic E-state index is 12.3. The van der Waals surface area contributed by atoms with Gasteiger partial charge in [0.05, 0.1) is 0 Å². The number of para-hydroxylation sites is 1. The van der Waals surface area contributed by atoms with E-state index < -0.39 is 5.60 Å². The molecular formula is C21H28N2O2. The number of alkyl carbamates (subject to hydrolysis) is 1. The quantitative estimate of drug-likeness (QED) is 0.821. The van der Waals surface area contributed by atoms with Gasteiger partial charge >= 0.3 is 6.09 Å². The normalized spacial score (nSPS) is 26.0. The molecule has 1 amide bonds. The third-order valence-corrected chi connectivity index (χ3v) is 5.86. The SMILES string of the molecule is CC(C)(C)OC(=O)NC1CCCC12CCn1c(cc3ccccc31)C2. The van der Waals surface area contributed by atoms with E-state index in [-0.39, 0.29) is 17.6 Å². The van der Waals surface area contributed by atoms with Crippen LogP contribution in [-0.2, 0) is 17.7 Å². The zero-order chi connectivity index (χ0) is 17.7. The molecular weight excluding hydrogens is 312 g/mol. The maximum Gasteiger partial charge on any atom is 0.407 e. The molecule has 1 aromatic carbocycles. The molecule has 1 fully saturated rings. The highest BCUT2D eigenvalue weighted by Gasteiger charge is 2.46. The number of amides is 1. The second-order valence-electron chi connectivity index (χ2n) is 8.73. The Hall–Kier alpha value is -1.97. The summed E-state index contributed by atoms with van der Waals surface area (Å²) < 4.78 is 7.96. The highest BCUT2D eigenvalue weighted by Crippen LogP contribution is 2.47. The first-order valence-corrected chi connectivity index (χ1v) is 9.43. The third-order valence-electron chi connectivity index (χ3n) is 5.86. The smallest absolute Gasteiger partial charge is 0.407 e. The highest BCUT2D eigenvalue weighted by molar-refractivity contribution is 5.81. The first-order chi connectivity index (χ1) is 11.9. The van der Waals surface area contributed by atoms with Gasteiger partial charge in [0.25, 0.3) is 0 Å². The van der Waals surface area contributed by atoms with Gasteiger partial charge in [0, 0.05) is 23.8 Å². The van der Waals surface area contributed by atoms with Crippen molar-refractivity contribution in [2.75, 3.05) is 0 Å². The summed E-state index contributed by atoms with van der Waals surface area (Å²) in [6.45, 7) is 6.78. The number of nitrogens with zero attached hydrogens (tertiary/aromatic N) is 1. The summed E-state index contributed by atoms with van der Waals surface area (Å²) in [5.74, 6) is 0. The maximum absolute atomic E-state index is 12.3. The molecule has 2 atom stereocenters. The van der Waals surface area contributed by atoms with Crippen LogP contribution in [0.15, 0.2) is 30.3 Å². The molecule has 1 aromatic heterocycles. The van der Waals surface area contributed by atoms with Crippen LogP contribution >= 0.6 is 0 Å². The van der Waals surface area contributed by atoms with Gasteiger partial charge in [0.15, 0.2) is 0 Å². The van der Waals surface area contributed by atoms with Crippen LogP contribution in [0.1, 0.15) is 52.1 Å². The monoisotopic (exact) mass is 340 g/mol. The summed E-state index contributed by atoms with van der Waals surface area (Å²) in [4.78, 5) is 12.3. The van der Waals surface area contributed by atoms with Gasteiger partial charge in [-0.1, -0.05) is 24.6 Å². The molecule has 4 rings (SSSR count). The van der Waals surface area contributed by atoms with Crippen molar-refractivity contribution in [2.24, 2.45) is 5.41 Å². The number of carbonyl (C=O) groups excluding carboxylic acids is 1. The molecule has 4 heteroatoms. The fourth-order valence-electron chi connectivity index (χ4n) is 4.79. The van der Waals surface area contributed by atoms with Gasteiger partial charge in [-0.2, -0.15) is 0 Å². The highest BCUT2D eigenvalue weighted by atomic mass is 16.6. The minimum absolute atomic E-state index is 0.182. The Kier molecular flexibility index (Phi) is 3.82. The average Bonchev–Trinajstić information content (AvgIpc) is 3.07. The van der Waals surface area contributed by atoms with E-state index in [9.17, 15) is 4.79 Å². The summed E-state index contributed by atoms with van der Waals surface area (Å²) in [5.41, 5.74) is 2.48. The summed E-state index contributed by atoms with van der Waals surface area (Å²) >= 11 is 0. The number of nitrogens with one attached hydrogen (secondary N) is 1. The van der Waals surface area contributed by atoms with Gasteiger partial charge in [-0.3, -0.25) is 0 Å². The zero-order valence-corrected chi connectivity index (χ0v) is 15.5. The lowest BCUT2D eigenvalue weighted by Crippen LogP contribution is -2.49. The van der Waals surface area contributed by atoms with Crippen molar-refractivity contribution in [3.8, 4) is 0 Å². The predicted molar refractivity (Wildman–Crippen MR) is 99.7 cm³/mol. The van der Waals surface area contributed by atoms with Crippen molar-refractivity contribution in [3.63, 3.8) is 0 Å². The molecule has 0 bridgehead atoms. The predicted octanol–water partition coefficient (Wildman–Crippen LogP) is 4.65. The van der Waals surface area contributed by atoms with E-state index >= 15 is 0 Å². The van der Waals surface area contributed by atoms with Crippen LogP contribution in [0.3, 0.4) is 0 Å². The van der Waals surface area contributed by atoms with E-state index in [1.807, 2.05) is 20.8 Å². The molecule has 1 spiro atoms. The van der Waals surface area contributed by atoms with Gasteiger partial charge in [-0.15, -0.1) is 0 Å². The van der Waals surface area contributed by atoms with Crippen molar-refractivity contribution < 1.29 is 9.53 Å². The number of hydrogen-bond donors (Lipinski definition) is 1. The number of benzene rings is 1. The minimum Gasteiger partial charge on any atom is -0.444 e. The number of rotatable bonds is 1. The van der Waals surface area contributed by atoms with Crippen LogP contribution in [0.2, 0.25) is 0 Å². The largest absolute Gasteiger partial charge is 0.444 e. The van der Waals surface area contributed by atoms with Gasteiger partial charge in [-0.25, -0.2) is 4.79 Å². The molecule has 2 aromatic rings. The van der Waals surface area contributed by atoms with Crippen molar-refractivity contribution in [1.82, 2.24) is 9.88 Å². The molecule has 2 heterocycles. The molecule has 1 N–H and O–H groups in total. The molecule has 0 saturated heterocycles. The van der Waals surface area contributed by atoms with Crippen LogP contribution in [0.25, 0.3) is 10.9 Å². The summed E-state index contributed by atoms with van der Waals surface area (Å²) in [7, 11) is 0. The number of carbonyl (C=O) groups is 1. The molecule has 4 nitrogen and oxygen atoms in total. The fourth-order valence-corrected chi connectivity index (χ4v) is 4.79. The van der Waals surface area contributed by atoms with Crippen LogP contribution in [0, 0.1) is 5.41 Å². The Morgan fingerprint density at radius 1 is 1.28 bits per heavy atom. The Bertz CT molecular complexity index is 802. The number of ether oxygens (including phenoxy) is 1. The topological polar surface area (TPSA) is 43.3 Å². The first-order valence-electron chi connectivity index (χ1n) is 9.43. The molecule has 1 saturated carbocycles. The number of aryl methyl sites for hydroxylation is 1. The van der Waals surface area contributed by atoms with E-state index in [1.54, 1.807) is 0 Å². The zero-order valence-electron chi connectivity index (χ0n) is 15.5. The fraction of sp³-hybridized carbons (Fsp3) is 0.571. The summed E-state index contributed by atoms with van der Waals surface area (Å²) in [6.07, 6.45) is 5.32. The van der Waals surface area contributed by atoms with Crippen molar-refractivity contribution in [1.29, 1.82) is 0 Å². The van der Waals surface area contributed by atoms with Gasteiger partial charge in [-0.05, 0) is 69.4 Å². The van der Waals surface area contributed by atoms with Crippen LogP contribution < -0.4 is 5.32 Å². The van der Waals surface area contributed by atoms with E-state index in [4.69, 9.17) is 4.74 Å². The van der Waals surface area contributed by atoms with Gasteiger partial charge in [0.2, 0.25) is 0 Å². The Labute approximate surface area is 149 Å². The Balaban J connectivity index is 1.56. The Morgan fingerprint density at radius 2 is 2.08 bits per heavy atom. The molecule has 25 heavy (non-hydrogen) atoms. The molecule has 2 aliphatic rings. The lowest BCUT2D eigenvalue weighted by atomic mass is 9.73. The number of aromatic nitrogens is 1. The molecule has 0 radical (unpaired) electrons. The van der Waals surface area contributed by atoms with Crippen molar-refractivity contribution in [3.05, 3.63) is 36.0 Å². The molecule has 1 aliphatic heterocycles. The van der Waals surface area contributed by atoms with E-state index in [0.717, 1.165) is 25.8 Å². The number of fused-ring (bicyclic) bond motifs is 3. The molecule has 1 aliphatic carbocycles. The molecule has 134 valence electrons. The van der Waals surface area contributed by atoms with Crippen LogP contribution in [0.4, 0.5) is 4.79 Å². The standard InChI is InChI=1S/C21H28N2O2/c1-20(2,3)25-19(24)22-18-9-6-10-21(18)11-12-23-16(14-21)13-15-7-4-5-8-17(15)23/h4-5,7-8,13,18H,6,9-12,14H2,1-3H3,(H,22,24). The van der Waals surface area contributed by atoms with Crippen LogP contribution in [0.5, 0.6) is 0 Å².